The van der Waals surface area contributed by atoms with Gasteiger partial charge in [0.25, 0.3) is 0 Å². The summed E-state index contributed by atoms with van der Waals surface area (Å²) in [5, 5.41) is 0. The number of rotatable bonds is 0. The van der Waals surface area contributed by atoms with Gasteiger partial charge in [-0.2, -0.15) is 0 Å². The molecule has 1 saturated carbocycles. The monoisotopic (exact) mass is 252 g/mol. The Hall–Kier alpha value is -0.880. The zero-order valence-electron chi connectivity index (χ0n) is 14.2. The van der Waals surface area contributed by atoms with E-state index >= 15 is 0 Å². The summed E-state index contributed by atoms with van der Waals surface area (Å²) in [7, 11) is 0. The third-order valence-electron chi connectivity index (χ3n) is 2.00. The summed E-state index contributed by atoms with van der Waals surface area (Å²) < 4.78 is 0. The second-order valence-corrected chi connectivity index (χ2v) is 3.12. The van der Waals surface area contributed by atoms with Crippen molar-refractivity contribution in [1.29, 1.82) is 0 Å². The summed E-state index contributed by atoms with van der Waals surface area (Å²) in [4.78, 5) is 0. The Bertz CT molecular complexity index is 146. The maximum absolute atomic E-state index is 2.68. The second kappa shape index (κ2) is 44.3. The molecule has 1 fully saturated rings. The Morgan fingerprint density at radius 1 is 0.389 bits per heavy atom. The van der Waals surface area contributed by atoms with E-state index in [0.29, 0.717) is 0 Å². The molecule has 1 rings (SSSR count). The van der Waals surface area contributed by atoms with E-state index in [0.717, 1.165) is 0 Å². The lowest BCUT2D eigenvalue weighted by atomic mass is 10.0. The van der Waals surface area contributed by atoms with Gasteiger partial charge in [-0.1, -0.05) is 66.2 Å². The standard InChI is InChI=1S/C6H12.2C4H6.2C2H6/c1-2-4-6-5-3-1;2*1-3-4-2;2*1-2/h1-6H2;2*1-2H3;2*1-2H3. The van der Waals surface area contributed by atoms with Crippen LogP contribution in [-0.4, -0.2) is 0 Å². The van der Waals surface area contributed by atoms with Gasteiger partial charge >= 0.3 is 0 Å². The lowest BCUT2D eigenvalue weighted by Crippen LogP contribution is -1.85. The van der Waals surface area contributed by atoms with E-state index in [1.807, 2.05) is 55.4 Å². The Morgan fingerprint density at radius 2 is 0.500 bits per heavy atom. The van der Waals surface area contributed by atoms with Crippen LogP contribution in [-0.2, 0) is 0 Å². The van der Waals surface area contributed by atoms with Crippen LogP contribution in [0.4, 0.5) is 0 Å². The lowest BCUT2D eigenvalue weighted by Gasteiger charge is -2.05. The molecule has 0 saturated heterocycles. The summed E-state index contributed by atoms with van der Waals surface area (Å²) >= 11 is 0. The molecule has 0 spiro atoms. The highest BCUT2D eigenvalue weighted by atomic mass is 14.0. The molecule has 0 heteroatoms. The minimum absolute atomic E-state index is 1.50. The fourth-order valence-electron chi connectivity index (χ4n) is 1.06. The van der Waals surface area contributed by atoms with Crippen molar-refractivity contribution in [2.45, 2.75) is 93.9 Å². The molecule has 0 atom stereocenters. The normalized spacial score (nSPS) is 10.2. The van der Waals surface area contributed by atoms with E-state index in [1.54, 1.807) is 0 Å². The first-order chi connectivity index (χ1) is 8.83. The second-order valence-electron chi connectivity index (χ2n) is 3.12. The van der Waals surface area contributed by atoms with E-state index in [4.69, 9.17) is 0 Å². The summed E-state index contributed by atoms with van der Waals surface area (Å²) in [6.07, 6.45) is 9.00. The Labute approximate surface area is 118 Å². The highest BCUT2D eigenvalue weighted by Crippen LogP contribution is 2.15. The first kappa shape index (κ1) is 25.8. The van der Waals surface area contributed by atoms with Crippen molar-refractivity contribution in [2.75, 3.05) is 0 Å². The fraction of sp³-hybridized carbons (Fsp3) is 0.778. The molecule has 1 aliphatic carbocycles. The summed E-state index contributed by atoms with van der Waals surface area (Å²) in [6, 6.07) is 0. The molecule has 1 aliphatic rings. The van der Waals surface area contributed by atoms with E-state index in [2.05, 4.69) is 23.7 Å². The molecule has 0 heterocycles. The molecule has 0 bridgehead atoms. The SMILES string of the molecule is C1CCCCC1.CC.CC.CC#CC.CC#CC. The zero-order chi connectivity index (χ0) is 15.1. The first-order valence-corrected chi connectivity index (χ1v) is 7.50. The Balaban J connectivity index is -0.0000000737. The highest BCUT2D eigenvalue weighted by Gasteiger charge is 1.95. The predicted octanol–water partition coefficient (Wildman–Crippen LogP) is 6.45. The van der Waals surface area contributed by atoms with Crippen LogP contribution < -0.4 is 0 Å². The molecule has 0 amide bonds. The first-order valence-electron chi connectivity index (χ1n) is 7.50. The maximum atomic E-state index is 2.68. The summed E-state index contributed by atoms with van der Waals surface area (Å²) in [5.41, 5.74) is 0. The van der Waals surface area contributed by atoms with E-state index < -0.39 is 0 Å². The van der Waals surface area contributed by atoms with Crippen LogP contribution in [0.3, 0.4) is 0 Å². The van der Waals surface area contributed by atoms with Gasteiger partial charge in [0.2, 0.25) is 0 Å². The minimum atomic E-state index is 1.50. The topological polar surface area (TPSA) is 0 Å². The van der Waals surface area contributed by atoms with Crippen molar-refractivity contribution in [1.82, 2.24) is 0 Å². The average Bonchev–Trinajstić information content (AvgIpc) is 2.53. The molecule has 0 aromatic rings. The van der Waals surface area contributed by atoms with Gasteiger partial charge in [-0.05, 0) is 27.7 Å². The molecule has 108 valence electrons. The van der Waals surface area contributed by atoms with E-state index in [1.165, 1.54) is 38.5 Å². The summed E-state index contributed by atoms with van der Waals surface area (Å²) in [5.74, 6) is 10.7. The van der Waals surface area contributed by atoms with Crippen molar-refractivity contribution >= 4 is 0 Å². The molecule has 0 aliphatic heterocycles. The Kier molecular flexibility index (Phi) is 63.6. The van der Waals surface area contributed by atoms with Gasteiger partial charge in [-0.15, -0.1) is 23.7 Å². The molecule has 0 aromatic heterocycles. The van der Waals surface area contributed by atoms with Crippen LogP contribution in [0.2, 0.25) is 0 Å². The van der Waals surface area contributed by atoms with Gasteiger partial charge in [-0.25, -0.2) is 0 Å². The van der Waals surface area contributed by atoms with Crippen LogP contribution >= 0.6 is 0 Å². The molecular formula is C18H36. The largest absolute Gasteiger partial charge is 0.107 e. The van der Waals surface area contributed by atoms with Crippen LogP contribution in [0.15, 0.2) is 0 Å². The smallest absolute Gasteiger partial charge is 0.00271 e. The zero-order valence-corrected chi connectivity index (χ0v) is 14.2. The van der Waals surface area contributed by atoms with Gasteiger partial charge in [0.05, 0.1) is 0 Å². The van der Waals surface area contributed by atoms with Gasteiger partial charge in [0.15, 0.2) is 0 Å². The van der Waals surface area contributed by atoms with Crippen LogP contribution in [0.5, 0.6) is 0 Å². The van der Waals surface area contributed by atoms with Crippen LogP contribution in [0.25, 0.3) is 0 Å². The van der Waals surface area contributed by atoms with Gasteiger partial charge in [-0.3, -0.25) is 0 Å². The van der Waals surface area contributed by atoms with Crippen LogP contribution in [0, 0.1) is 23.7 Å². The third kappa shape index (κ3) is 59.5. The Morgan fingerprint density at radius 3 is 0.556 bits per heavy atom. The average molecular weight is 252 g/mol. The minimum Gasteiger partial charge on any atom is -0.107 e. The molecule has 0 aromatic carbocycles. The molecule has 0 radical (unpaired) electrons. The van der Waals surface area contributed by atoms with Gasteiger partial charge in [0.1, 0.15) is 0 Å². The molecule has 18 heavy (non-hydrogen) atoms. The van der Waals surface area contributed by atoms with E-state index in [-0.39, 0.29) is 0 Å². The molecule has 0 nitrogen and oxygen atoms in total. The molecule has 0 N–H and O–H groups in total. The van der Waals surface area contributed by atoms with Crippen molar-refractivity contribution in [3.05, 3.63) is 0 Å². The van der Waals surface area contributed by atoms with E-state index in [9.17, 15) is 0 Å². The highest BCUT2D eigenvalue weighted by molar-refractivity contribution is 4.89. The third-order valence-corrected chi connectivity index (χ3v) is 2.00. The van der Waals surface area contributed by atoms with Crippen molar-refractivity contribution in [3.8, 4) is 23.7 Å². The van der Waals surface area contributed by atoms with Gasteiger partial charge < -0.3 is 0 Å². The quantitative estimate of drug-likeness (QED) is 0.434. The van der Waals surface area contributed by atoms with Crippen LogP contribution in [0.1, 0.15) is 93.9 Å². The van der Waals surface area contributed by atoms with Gasteiger partial charge in [0, 0.05) is 0 Å². The molecule has 0 unspecified atom stereocenters. The predicted molar refractivity (Wildman–Crippen MR) is 88.6 cm³/mol. The maximum Gasteiger partial charge on any atom is -0.00271 e. The van der Waals surface area contributed by atoms with Crippen molar-refractivity contribution < 1.29 is 0 Å². The lowest BCUT2D eigenvalue weighted by molar-refractivity contribution is 0.504. The van der Waals surface area contributed by atoms with Crippen molar-refractivity contribution in [3.63, 3.8) is 0 Å². The number of hydrogen-bond donors (Lipinski definition) is 0. The fourth-order valence-corrected chi connectivity index (χ4v) is 1.06. The summed E-state index contributed by atoms with van der Waals surface area (Å²) in [6.45, 7) is 15.3. The van der Waals surface area contributed by atoms with Crippen molar-refractivity contribution in [2.24, 2.45) is 0 Å². The number of hydrogen-bond acceptors (Lipinski definition) is 0. The molecular weight excluding hydrogens is 216 g/mol.